The van der Waals surface area contributed by atoms with E-state index in [1.807, 2.05) is 0 Å². The number of nitrogens with one attached hydrogen (secondary N) is 1. The largest absolute Gasteiger partial charge is 0.385 e. The number of nitrogens with zero attached hydrogens (tertiary/aromatic N) is 2. The molecule has 1 aromatic heterocycles. The number of ether oxygens (including phenoxy) is 1. The van der Waals surface area contributed by atoms with E-state index in [4.69, 9.17) is 10.5 Å². The van der Waals surface area contributed by atoms with Crippen molar-refractivity contribution in [1.82, 2.24) is 4.98 Å². The summed E-state index contributed by atoms with van der Waals surface area (Å²) in [7, 11) is 0. The number of amidine groups is 1. The number of hydrogen-bond acceptors (Lipinski definition) is 6. The molecule has 2 aromatic rings. The third kappa shape index (κ3) is 3.42. The number of alkyl halides is 2. The van der Waals surface area contributed by atoms with Crippen LogP contribution in [0.2, 0.25) is 0 Å². The van der Waals surface area contributed by atoms with Gasteiger partial charge in [0.15, 0.2) is 5.54 Å². The molecule has 1 amide bonds. The second kappa shape index (κ2) is 7.04. The first-order valence-corrected chi connectivity index (χ1v) is 8.43. The number of hydrogen-bond donors (Lipinski definition) is 2. The van der Waals surface area contributed by atoms with Gasteiger partial charge in [0, 0.05) is 16.6 Å². The number of rotatable bonds is 4. The summed E-state index contributed by atoms with van der Waals surface area (Å²) in [5.41, 5.74) is 3.19. The van der Waals surface area contributed by atoms with Gasteiger partial charge < -0.3 is 15.8 Å². The molecule has 0 fully saturated rings. The van der Waals surface area contributed by atoms with E-state index in [-0.39, 0.29) is 23.8 Å². The second-order valence-corrected chi connectivity index (χ2v) is 6.78. The molecular weight excluding hydrogens is 369 g/mol. The van der Waals surface area contributed by atoms with Crippen LogP contribution in [0.25, 0.3) is 0 Å². The van der Waals surface area contributed by atoms with Gasteiger partial charge in [-0.15, -0.1) is 11.3 Å². The standard InChI is InChI=1S/C16H15F3N4O2S/c1-8-21-12(6-26-8)14(24)22-9-2-3-11(17)10(4-9)16(15(18)19)7-25-5-13(20)23-16/h2-4,6,15H,5,7H2,1H3,(H2,20,23)(H,22,24)/t16-/m0/s1. The fourth-order valence-electron chi connectivity index (χ4n) is 2.60. The Balaban J connectivity index is 1.97. The quantitative estimate of drug-likeness (QED) is 0.848. The molecule has 0 saturated carbocycles. The van der Waals surface area contributed by atoms with Crippen LogP contribution in [0.4, 0.5) is 18.9 Å². The minimum Gasteiger partial charge on any atom is -0.385 e. The van der Waals surface area contributed by atoms with Crippen molar-refractivity contribution in [3.63, 3.8) is 0 Å². The van der Waals surface area contributed by atoms with Crippen LogP contribution in [0.3, 0.4) is 0 Å². The van der Waals surface area contributed by atoms with Crippen molar-refractivity contribution in [3.05, 3.63) is 45.7 Å². The number of benzene rings is 1. The van der Waals surface area contributed by atoms with Crippen LogP contribution in [0.15, 0.2) is 28.6 Å². The highest BCUT2D eigenvalue weighted by Crippen LogP contribution is 2.38. The normalized spacial score (nSPS) is 20.1. The maximum atomic E-state index is 14.3. The third-order valence-electron chi connectivity index (χ3n) is 3.82. The Kier molecular flexibility index (Phi) is 4.97. The van der Waals surface area contributed by atoms with Crippen molar-refractivity contribution in [2.45, 2.75) is 18.9 Å². The Morgan fingerprint density at radius 2 is 2.23 bits per heavy atom. The van der Waals surface area contributed by atoms with Gasteiger partial charge >= 0.3 is 0 Å². The van der Waals surface area contributed by atoms with E-state index in [0.717, 1.165) is 12.1 Å². The van der Waals surface area contributed by atoms with E-state index < -0.39 is 35.9 Å². The molecule has 3 rings (SSSR count). The SMILES string of the molecule is Cc1nc(C(=O)Nc2ccc(F)c([C@]3(C(F)F)COCC(N)=N3)c2)cs1. The average Bonchev–Trinajstić information content (AvgIpc) is 3.03. The Labute approximate surface area is 150 Å². The van der Waals surface area contributed by atoms with Gasteiger partial charge in [0.1, 0.15) is 24.0 Å². The first-order valence-electron chi connectivity index (χ1n) is 7.55. The first-order chi connectivity index (χ1) is 12.3. The summed E-state index contributed by atoms with van der Waals surface area (Å²) < 4.78 is 46.9. The molecule has 10 heteroatoms. The molecule has 0 spiro atoms. The van der Waals surface area contributed by atoms with E-state index in [1.54, 1.807) is 12.3 Å². The van der Waals surface area contributed by atoms with E-state index >= 15 is 0 Å². The highest BCUT2D eigenvalue weighted by molar-refractivity contribution is 7.09. The van der Waals surface area contributed by atoms with Gasteiger partial charge in [-0.05, 0) is 25.1 Å². The lowest BCUT2D eigenvalue weighted by Crippen LogP contribution is -2.45. The molecule has 3 N–H and O–H groups in total. The number of aromatic nitrogens is 1. The van der Waals surface area contributed by atoms with Gasteiger partial charge in [0.05, 0.1) is 11.6 Å². The maximum absolute atomic E-state index is 14.3. The zero-order valence-electron chi connectivity index (χ0n) is 13.6. The summed E-state index contributed by atoms with van der Waals surface area (Å²) >= 11 is 1.30. The summed E-state index contributed by atoms with van der Waals surface area (Å²) in [6, 6.07) is 3.37. The van der Waals surface area contributed by atoms with Crippen molar-refractivity contribution in [3.8, 4) is 0 Å². The van der Waals surface area contributed by atoms with Gasteiger partial charge in [-0.3, -0.25) is 9.79 Å². The van der Waals surface area contributed by atoms with E-state index in [9.17, 15) is 18.0 Å². The predicted octanol–water partition coefficient (Wildman–Crippen LogP) is 2.69. The molecule has 1 aliphatic heterocycles. The Hall–Kier alpha value is -2.46. The second-order valence-electron chi connectivity index (χ2n) is 5.72. The topological polar surface area (TPSA) is 89.6 Å². The number of amides is 1. The van der Waals surface area contributed by atoms with Crippen molar-refractivity contribution in [2.75, 3.05) is 18.5 Å². The summed E-state index contributed by atoms with van der Waals surface area (Å²) in [5, 5.41) is 4.79. The third-order valence-corrected chi connectivity index (χ3v) is 4.59. The molecule has 138 valence electrons. The van der Waals surface area contributed by atoms with Gasteiger partial charge in [-0.1, -0.05) is 0 Å². The zero-order chi connectivity index (χ0) is 18.9. The molecular formula is C16H15F3N4O2S. The Morgan fingerprint density at radius 3 is 2.85 bits per heavy atom. The van der Waals surface area contributed by atoms with Crippen LogP contribution in [0, 0.1) is 12.7 Å². The maximum Gasteiger partial charge on any atom is 0.275 e. The zero-order valence-corrected chi connectivity index (χ0v) is 14.4. The number of aliphatic imine (C=N–C) groups is 1. The molecule has 0 bridgehead atoms. The lowest BCUT2D eigenvalue weighted by Gasteiger charge is -2.33. The molecule has 2 heterocycles. The van der Waals surface area contributed by atoms with Crippen LogP contribution >= 0.6 is 11.3 Å². The van der Waals surface area contributed by atoms with Crippen molar-refractivity contribution in [2.24, 2.45) is 10.7 Å². The highest BCUT2D eigenvalue weighted by Gasteiger charge is 2.46. The summed E-state index contributed by atoms with van der Waals surface area (Å²) in [6.45, 7) is 1.12. The van der Waals surface area contributed by atoms with Crippen LogP contribution in [0.1, 0.15) is 21.1 Å². The molecule has 0 radical (unpaired) electrons. The van der Waals surface area contributed by atoms with Gasteiger partial charge in [-0.2, -0.15) is 0 Å². The fraction of sp³-hybridized carbons (Fsp3) is 0.312. The molecule has 1 aromatic carbocycles. The molecule has 1 atom stereocenters. The lowest BCUT2D eigenvalue weighted by atomic mass is 9.90. The number of nitrogens with two attached hydrogens (primary N) is 1. The van der Waals surface area contributed by atoms with Crippen LogP contribution < -0.4 is 11.1 Å². The Bertz CT molecular complexity index is 871. The average molecular weight is 384 g/mol. The van der Waals surface area contributed by atoms with Crippen LogP contribution in [-0.4, -0.2) is 36.4 Å². The van der Waals surface area contributed by atoms with Gasteiger partial charge in [0.25, 0.3) is 12.3 Å². The summed E-state index contributed by atoms with van der Waals surface area (Å²) in [5.74, 6) is -1.57. The summed E-state index contributed by atoms with van der Waals surface area (Å²) in [4.78, 5) is 20.0. The van der Waals surface area contributed by atoms with Crippen molar-refractivity contribution >= 4 is 28.8 Å². The van der Waals surface area contributed by atoms with E-state index in [1.165, 1.54) is 17.4 Å². The molecule has 0 saturated heterocycles. The first kappa shape index (κ1) is 18.3. The van der Waals surface area contributed by atoms with E-state index in [2.05, 4.69) is 15.3 Å². The summed E-state index contributed by atoms with van der Waals surface area (Å²) in [6.07, 6.45) is -3.05. The lowest BCUT2D eigenvalue weighted by molar-refractivity contribution is -0.0145. The minimum atomic E-state index is -3.05. The monoisotopic (exact) mass is 384 g/mol. The predicted molar refractivity (Wildman–Crippen MR) is 91.3 cm³/mol. The van der Waals surface area contributed by atoms with Gasteiger partial charge in [0.2, 0.25) is 0 Å². The van der Waals surface area contributed by atoms with E-state index in [0.29, 0.717) is 5.01 Å². The number of carbonyl (C=O) groups excluding carboxylic acids is 1. The Morgan fingerprint density at radius 1 is 1.46 bits per heavy atom. The molecule has 6 nitrogen and oxygen atoms in total. The number of halogens is 3. The highest BCUT2D eigenvalue weighted by atomic mass is 32.1. The van der Waals surface area contributed by atoms with Gasteiger partial charge in [-0.25, -0.2) is 18.2 Å². The number of carbonyl (C=O) groups is 1. The number of anilines is 1. The molecule has 1 aliphatic rings. The number of thiazole rings is 1. The number of aryl methyl sites for hydroxylation is 1. The minimum absolute atomic E-state index is 0.101. The molecule has 0 unspecified atom stereocenters. The molecule has 26 heavy (non-hydrogen) atoms. The van der Waals surface area contributed by atoms with Crippen molar-refractivity contribution < 1.29 is 22.7 Å². The van der Waals surface area contributed by atoms with Crippen molar-refractivity contribution in [1.29, 1.82) is 0 Å². The molecule has 0 aliphatic carbocycles. The smallest absolute Gasteiger partial charge is 0.275 e. The van der Waals surface area contributed by atoms with Crippen LogP contribution in [0.5, 0.6) is 0 Å². The fourth-order valence-corrected chi connectivity index (χ4v) is 3.19. The van der Waals surface area contributed by atoms with Crippen LogP contribution in [-0.2, 0) is 10.3 Å².